The molecule has 0 saturated carbocycles. The lowest BCUT2D eigenvalue weighted by molar-refractivity contribution is 0.203. The monoisotopic (exact) mass is 238 g/mol. The summed E-state index contributed by atoms with van der Waals surface area (Å²) < 4.78 is 5.07. The average Bonchev–Trinajstić information content (AvgIpc) is 2.36. The fraction of sp³-hybridized carbons (Fsp3) is 0.538. The van der Waals surface area contributed by atoms with Gasteiger partial charge in [-0.1, -0.05) is 12.1 Å². The molecule has 1 aromatic carbocycles. The highest BCUT2D eigenvalue weighted by Gasteiger charge is 2.05. The number of aliphatic hydroxyl groups excluding tert-OH is 1. The molecule has 0 radical (unpaired) electrons. The van der Waals surface area contributed by atoms with E-state index in [1.54, 1.807) is 7.11 Å². The quantitative estimate of drug-likeness (QED) is 0.705. The molecular weight excluding hydrogens is 216 g/mol. The van der Waals surface area contributed by atoms with Crippen LogP contribution in [0.4, 0.5) is 5.69 Å². The van der Waals surface area contributed by atoms with Gasteiger partial charge in [0.25, 0.3) is 0 Å². The molecule has 0 amide bonds. The number of nitrogens with zero attached hydrogens (tertiary/aromatic N) is 1. The first-order valence-electron chi connectivity index (χ1n) is 5.90. The number of nitrogens with one attached hydrogen (secondary N) is 1. The molecule has 0 aromatic heterocycles. The summed E-state index contributed by atoms with van der Waals surface area (Å²) in [7, 11) is 3.62. The second-order valence-electron chi connectivity index (χ2n) is 3.90. The Morgan fingerprint density at radius 3 is 2.47 bits per heavy atom. The van der Waals surface area contributed by atoms with Gasteiger partial charge in [0.2, 0.25) is 0 Å². The number of methoxy groups -OCH3 is 1. The SMILES string of the molecule is CNCc1ccc(N(CCO)CCOC)cc1. The highest BCUT2D eigenvalue weighted by Crippen LogP contribution is 2.14. The van der Waals surface area contributed by atoms with Crippen LogP contribution in [0.25, 0.3) is 0 Å². The fourth-order valence-corrected chi connectivity index (χ4v) is 1.72. The number of rotatable bonds is 8. The van der Waals surface area contributed by atoms with Crippen molar-refractivity contribution in [2.75, 3.05) is 45.4 Å². The van der Waals surface area contributed by atoms with Gasteiger partial charge in [-0.15, -0.1) is 0 Å². The number of hydrogen-bond donors (Lipinski definition) is 2. The number of aliphatic hydroxyl groups is 1. The zero-order valence-electron chi connectivity index (χ0n) is 10.6. The average molecular weight is 238 g/mol. The molecule has 0 saturated heterocycles. The molecule has 0 unspecified atom stereocenters. The first kappa shape index (κ1) is 14.0. The van der Waals surface area contributed by atoms with Crippen molar-refractivity contribution in [1.29, 1.82) is 0 Å². The number of benzene rings is 1. The summed E-state index contributed by atoms with van der Waals surface area (Å²) in [5.41, 5.74) is 2.38. The lowest BCUT2D eigenvalue weighted by Crippen LogP contribution is -2.30. The van der Waals surface area contributed by atoms with E-state index in [9.17, 15) is 0 Å². The maximum absolute atomic E-state index is 9.04. The summed E-state index contributed by atoms with van der Waals surface area (Å²) in [4.78, 5) is 2.12. The third-order valence-corrected chi connectivity index (χ3v) is 2.62. The number of ether oxygens (including phenoxy) is 1. The van der Waals surface area contributed by atoms with Crippen LogP contribution in [0.1, 0.15) is 5.56 Å². The first-order chi connectivity index (χ1) is 8.31. The molecule has 0 aliphatic carbocycles. The topological polar surface area (TPSA) is 44.7 Å². The largest absolute Gasteiger partial charge is 0.395 e. The van der Waals surface area contributed by atoms with Crippen molar-refractivity contribution in [1.82, 2.24) is 5.32 Å². The molecule has 17 heavy (non-hydrogen) atoms. The Kier molecular flexibility index (Phi) is 6.62. The zero-order valence-corrected chi connectivity index (χ0v) is 10.6. The maximum Gasteiger partial charge on any atom is 0.0637 e. The van der Waals surface area contributed by atoms with E-state index in [1.807, 2.05) is 7.05 Å². The van der Waals surface area contributed by atoms with Gasteiger partial charge in [-0.25, -0.2) is 0 Å². The van der Waals surface area contributed by atoms with E-state index in [0.29, 0.717) is 13.2 Å². The smallest absolute Gasteiger partial charge is 0.0637 e. The van der Waals surface area contributed by atoms with Crippen LogP contribution in [0.2, 0.25) is 0 Å². The lowest BCUT2D eigenvalue weighted by atomic mass is 10.2. The van der Waals surface area contributed by atoms with Gasteiger partial charge in [-0.05, 0) is 24.7 Å². The van der Waals surface area contributed by atoms with Gasteiger partial charge in [0.15, 0.2) is 0 Å². The second-order valence-corrected chi connectivity index (χ2v) is 3.90. The molecule has 1 aromatic rings. The van der Waals surface area contributed by atoms with Crippen LogP contribution in [0.15, 0.2) is 24.3 Å². The van der Waals surface area contributed by atoms with Crippen molar-refractivity contribution in [2.45, 2.75) is 6.54 Å². The van der Waals surface area contributed by atoms with E-state index in [4.69, 9.17) is 9.84 Å². The molecule has 0 bridgehead atoms. The van der Waals surface area contributed by atoms with Crippen molar-refractivity contribution < 1.29 is 9.84 Å². The van der Waals surface area contributed by atoms with Gasteiger partial charge < -0.3 is 20.1 Å². The molecule has 0 heterocycles. The minimum Gasteiger partial charge on any atom is -0.395 e. The molecule has 0 spiro atoms. The van der Waals surface area contributed by atoms with Crippen LogP contribution in [0.5, 0.6) is 0 Å². The normalized spacial score (nSPS) is 10.5. The van der Waals surface area contributed by atoms with Crippen LogP contribution in [-0.4, -0.2) is 45.6 Å². The fourth-order valence-electron chi connectivity index (χ4n) is 1.72. The predicted octanol–water partition coefficient (Wildman–Crippen LogP) is 0.851. The van der Waals surface area contributed by atoms with E-state index in [-0.39, 0.29) is 6.61 Å². The molecule has 4 nitrogen and oxygen atoms in total. The Morgan fingerprint density at radius 1 is 1.24 bits per heavy atom. The Morgan fingerprint density at radius 2 is 1.94 bits per heavy atom. The van der Waals surface area contributed by atoms with Crippen LogP contribution < -0.4 is 10.2 Å². The Bertz CT molecular complexity index is 301. The van der Waals surface area contributed by atoms with E-state index in [2.05, 4.69) is 34.5 Å². The van der Waals surface area contributed by atoms with Crippen molar-refractivity contribution >= 4 is 5.69 Å². The van der Waals surface area contributed by atoms with Gasteiger partial charge in [0, 0.05) is 32.4 Å². The van der Waals surface area contributed by atoms with E-state index < -0.39 is 0 Å². The summed E-state index contributed by atoms with van der Waals surface area (Å²) in [6.45, 7) is 3.12. The van der Waals surface area contributed by atoms with Crippen molar-refractivity contribution in [3.05, 3.63) is 29.8 Å². The summed E-state index contributed by atoms with van der Waals surface area (Å²) in [6, 6.07) is 8.36. The predicted molar refractivity (Wildman–Crippen MR) is 70.4 cm³/mol. The molecule has 2 N–H and O–H groups in total. The molecule has 0 atom stereocenters. The number of hydrogen-bond acceptors (Lipinski definition) is 4. The summed E-state index contributed by atoms with van der Waals surface area (Å²) in [5, 5.41) is 12.2. The summed E-state index contributed by atoms with van der Waals surface area (Å²) >= 11 is 0. The van der Waals surface area contributed by atoms with Crippen LogP contribution in [0.3, 0.4) is 0 Å². The van der Waals surface area contributed by atoms with Gasteiger partial charge in [0.05, 0.1) is 13.2 Å². The van der Waals surface area contributed by atoms with Crippen molar-refractivity contribution in [2.24, 2.45) is 0 Å². The van der Waals surface area contributed by atoms with Crippen molar-refractivity contribution in [3.8, 4) is 0 Å². The Balaban J connectivity index is 2.65. The van der Waals surface area contributed by atoms with Crippen LogP contribution >= 0.6 is 0 Å². The second kappa shape index (κ2) is 8.06. The summed E-state index contributed by atoms with van der Waals surface area (Å²) in [5.74, 6) is 0. The summed E-state index contributed by atoms with van der Waals surface area (Å²) in [6.07, 6.45) is 0. The first-order valence-corrected chi connectivity index (χ1v) is 5.90. The van der Waals surface area contributed by atoms with E-state index >= 15 is 0 Å². The van der Waals surface area contributed by atoms with Crippen LogP contribution in [-0.2, 0) is 11.3 Å². The lowest BCUT2D eigenvalue weighted by Gasteiger charge is -2.23. The molecule has 96 valence electrons. The molecule has 1 rings (SSSR count). The standard InChI is InChI=1S/C13H22N2O2/c1-14-11-12-3-5-13(6-4-12)15(7-9-16)8-10-17-2/h3-6,14,16H,7-11H2,1-2H3. The highest BCUT2D eigenvalue weighted by molar-refractivity contribution is 5.47. The third-order valence-electron chi connectivity index (χ3n) is 2.62. The molecule has 0 fully saturated rings. The maximum atomic E-state index is 9.04. The van der Waals surface area contributed by atoms with E-state index in [0.717, 1.165) is 18.8 Å². The molecule has 4 heteroatoms. The van der Waals surface area contributed by atoms with Gasteiger partial charge >= 0.3 is 0 Å². The van der Waals surface area contributed by atoms with Gasteiger partial charge in [0.1, 0.15) is 0 Å². The van der Waals surface area contributed by atoms with Gasteiger partial charge in [-0.3, -0.25) is 0 Å². The highest BCUT2D eigenvalue weighted by atomic mass is 16.5. The molecular formula is C13H22N2O2. The Hall–Kier alpha value is -1.10. The zero-order chi connectivity index (χ0) is 12.5. The van der Waals surface area contributed by atoms with Crippen molar-refractivity contribution in [3.63, 3.8) is 0 Å². The third kappa shape index (κ3) is 4.73. The van der Waals surface area contributed by atoms with Gasteiger partial charge in [-0.2, -0.15) is 0 Å². The molecule has 0 aliphatic rings. The molecule has 0 aliphatic heterocycles. The van der Waals surface area contributed by atoms with E-state index in [1.165, 1.54) is 5.56 Å². The minimum absolute atomic E-state index is 0.155. The van der Waals surface area contributed by atoms with Crippen LogP contribution in [0, 0.1) is 0 Å². The Labute approximate surface area is 103 Å². The number of anilines is 1. The minimum atomic E-state index is 0.155.